The molecular weight excluding hydrogens is 408 g/mol. The van der Waals surface area contributed by atoms with E-state index in [0.29, 0.717) is 11.5 Å². The van der Waals surface area contributed by atoms with Crippen LogP contribution in [0.1, 0.15) is 17.8 Å². The molecule has 2 aliphatic rings. The maximum atomic E-state index is 11.9. The first-order valence-corrected chi connectivity index (χ1v) is 13.0. The number of imidazole rings is 1. The third-order valence-corrected chi connectivity index (χ3v) is 8.42. The molecule has 1 aromatic heterocycles. The normalized spacial score (nSPS) is 22.3. The topological polar surface area (TPSA) is 58.4 Å². The summed E-state index contributed by atoms with van der Waals surface area (Å²) in [7, 11) is -2.87. The summed E-state index contributed by atoms with van der Waals surface area (Å²) >= 11 is 0. The molecule has 3 aromatic rings. The number of hydrogen-bond acceptors (Lipinski definition) is 5. The van der Waals surface area contributed by atoms with Gasteiger partial charge in [0.25, 0.3) is 0 Å². The van der Waals surface area contributed by atoms with Crippen molar-refractivity contribution < 1.29 is 8.42 Å². The standard InChI is InChI=1S/C24H30N4O2S/c29-31(30)15-10-21(18-31)16-24-25-22-8-4-5-9-23(22)28(24)19-27-13-11-26(12-14-27)17-20-6-2-1-3-7-20/h1-9,21H,10-19H2. The molecule has 3 heterocycles. The lowest BCUT2D eigenvalue weighted by molar-refractivity contribution is 0.103. The summed E-state index contributed by atoms with van der Waals surface area (Å²) in [5, 5.41) is 0. The molecule has 0 radical (unpaired) electrons. The molecule has 2 aromatic carbocycles. The Morgan fingerprint density at radius 3 is 2.35 bits per heavy atom. The average Bonchev–Trinajstić information content (AvgIpc) is 3.29. The van der Waals surface area contributed by atoms with Gasteiger partial charge in [0.05, 0.1) is 29.2 Å². The highest BCUT2D eigenvalue weighted by Crippen LogP contribution is 2.25. The minimum absolute atomic E-state index is 0.184. The summed E-state index contributed by atoms with van der Waals surface area (Å²) in [5.41, 5.74) is 3.51. The number of nitrogens with zero attached hydrogens (tertiary/aromatic N) is 4. The number of hydrogen-bond donors (Lipinski definition) is 0. The highest BCUT2D eigenvalue weighted by molar-refractivity contribution is 7.91. The van der Waals surface area contributed by atoms with Crippen LogP contribution in [0.25, 0.3) is 11.0 Å². The van der Waals surface area contributed by atoms with Crippen LogP contribution >= 0.6 is 0 Å². The van der Waals surface area contributed by atoms with Gasteiger partial charge in [-0.2, -0.15) is 0 Å². The van der Waals surface area contributed by atoms with Crippen molar-refractivity contribution in [2.45, 2.75) is 26.1 Å². The maximum absolute atomic E-state index is 11.9. The Hall–Kier alpha value is -2.22. The minimum Gasteiger partial charge on any atom is -0.314 e. The van der Waals surface area contributed by atoms with E-state index in [1.807, 2.05) is 6.07 Å². The van der Waals surface area contributed by atoms with E-state index in [0.717, 1.165) is 69.1 Å². The lowest BCUT2D eigenvalue weighted by Gasteiger charge is -2.35. The number of aromatic nitrogens is 2. The van der Waals surface area contributed by atoms with Gasteiger partial charge in [0.1, 0.15) is 5.82 Å². The fourth-order valence-corrected chi connectivity index (χ4v) is 6.72. The second-order valence-corrected chi connectivity index (χ2v) is 11.2. The average molecular weight is 439 g/mol. The fraction of sp³-hybridized carbons (Fsp3) is 0.458. The van der Waals surface area contributed by atoms with Crippen LogP contribution < -0.4 is 0 Å². The van der Waals surface area contributed by atoms with Crippen LogP contribution in [0.5, 0.6) is 0 Å². The van der Waals surface area contributed by atoms with Crippen molar-refractivity contribution in [1.29, 1.82) is 0 Å². The SMILES string of the molecule is O=S1(=O)CCC(Cc2nc3ccccc3n2CN2CCN(Cc3ccccc3)CC2)C1. The van der Waals surface area contributed by atoms with Gasteiger partial charge < -0.3 is 4.57 Å². The number of para-hydroxylation sites is 2. The Kier molecular flexibility index (Phi) is 5.82. The van der Waals surface area contributed by atoms with Crippen LogP contribution in [0.2, 0.25) is 0 Å². The van der Waals surface area contributed by atoms with Crippen molar-refractivity contribution in [2.75, 3.05) is 37.7 Å². The van der Waals surface area contributed by atoms with Crippen LogP contribution in [0.3, 0.4) is 0 Å². The highest BCUT2D eigenvalue weighted by atomic mass is 32.2. The number of piperazine rings is 1. The first kappa shape index (κ1) is 20.7. The molecule has 0 bridgehead atoms. The molecule has 2 saturated heterocycles. The third-order valence-electron chi connectivity index (χ3n) is 6.59. The van der Waals surface area contributed by atoms with Crippen molar-refractivity contribution >= 4 is 20.9 Å². The third kappa shape index (κ3) is 4.84. The maximum Gasteiger partial charge on any atom is 0.150 e. The van der Waals surface area contributed by atoms with Gasteiger partial charge in [0.15, 0.2) is 9.84 Å². The summed E-state index contributed by atoms with van der Waals surface area (Å²) in [6, 6.07) is 18.9. The van der Waals surface area contributed by atoms with Crippen LogP contribution in [-0.2, 0) is 29.5 Å². The second-order valence-electron chi connectivity index (χ2n) is 8.94. The van der Waals surface area contributed by atoms with E-state index >= 15 is 0 Å². The van der Waals surface area contributed by atoms with Crippen LogP contribution in [0.15, 0.2) is 54.6 Å². The van der Waals surface area contributed by atoms with Crippen molar-refractivity contribution in [2.24, 2.45) is 5.92 Å². The molecular formula is C24H30N4O2S. The molecule has 164 valence electrons. The van der Waals surface area contributed by atoms with Gasteiger partial charge in [-0.15, -0.1) is 0 Å². The van der Waals surface area contributed by atoms with Crippen molar-refractivity contribution in [1.82, 2.24) is 19.4 Å². The van der Waals surface area contributed by atoms with E-state index in [1.54, 1.807) is 0 Å². The zero-order valence-electron chi connectivity index (χ0n) is 17.9. The quantitative estimate of drug-likeness (QED) is 0.592. The van der Waals surface area contributed by atoms with E-state index in [1.165, 1.54) is 5.56 Å². The molecule has 5 rings (SSSR count). The van der Waals surface area contributed by atoms with E-state index < -0.39 is 9.84 Å². The predicted octanol–water partition coefficient (Wildman–Crippen LogP) is 2.79. The Bertz CT molecular complexity index is 1130. The van der Waals surface area contributed by atoms with Crippen molar-refractivity contribution in [3.05, 3.63) is 66.0 Å². The Balaban J connectivity index is 1.28. The molecule has 2 aliphatic heterocycles. The minimum atomic E-state index is -2.87. The van der Waals surface area contributed by atoms with Gasteiger partial charge in [-0.1, -0.05) is 42.5 Å². The first-order chi connectivity index (χ1) is 15.1. The summed E-state index contributed by atoms with van der Waals surface area (Å²) < 4.78 is 26.2. The molecule has 0 saturated carbocycles. The lowest BCUT2D eigenvalue weighted by Crippen LogP contribution is -2.46. The lowest BCUT2D eigenvalue weighted by atomic mass is 10.1. The molecule has 6 nitrogen and oxygen atoms in total. The van der Waals surface area contributed by atoms with Gasteiger partial charge >= 0.3 is 0 Å². The van der Waals surface area contributed by atoms with E-state index in [4.69, 9.17) is 4.98 Å². The molecule has 31 heavy (non-hydrogen) atoms. The largest absolute Gasteiger partial charge is 0.314 e. The molecule has 7 heteroatoms. The summed E-state index contributed by atoms with van der Waals surface area (Å²) in [6.45, 7) is 5.97. The smallest absolute Gasteiger partial charge is 0.150 e. The molecule has 1 unspecified atom stereocenters. The van der Waals surface area contributed by atoms with Crippen LogP contribution in [-0.4, -0.2) is 65.5 Å². The van der Waals surface area contributed by atoms with Crippen LogP contribution in [0, 0.1) is 5.92 Å². The van der Waals surface area contributed by atoms with Crippen molar-refractivity contribution in [3.63, 3.8) is 0 Å². The second kappa shape index (κ2) is 8.73. The van der Waals surface area contributed by atoms with Crippen molar-refractivity contribution in [3.8, 4) is 0 Å². The van der Waals surface area contributed by atoms with Gasteiger partial charge in [0.2, 0.25) is 0 Å². The Morgan fingerprint density at radius 2 is 1.61 bits per heavy atom. The van der Waals surface area contributed by atoms with Gasteiger partial charge in [-0.25, -0.2) is 13.4 Å². The molecule has 2 fully saturated rings. The first-order valence-electron chi connectivity index (χ1n) is 11.2. The number of rotatable bonds is 6. The van der Waals surface area contributed by atoms with E-state index in [-0.39, 0.29) is 5.92 Å². The Labute approximate surface area is 184 Å². The van der Waals surface area contributed by atoms with E-state index in [2.05, 4.69) is 62.9 Å². The molecule has 0 spiro atoms. The molecule has 1 atom stereocenters. The summed E-state index contributed by atoms with van der Waals surface area (Å²) in [6.07, 6.45) is 1.49. The number of benzene rings is 2. The Morgan fingerprint density at radius 1 is 0.903 bits per heavy atom. The zero-order valence-corrected chi connectivity index (χ0v) is 18.7. The monoisotopic (exact) mass is 438 g/mol. The fourth-order valence-electron chi connectivity index (χ4n) is 4.86. The zero-order chi connectivity index (χ0) is 21.3. The molecule has 0 amide bonds. The van der Waals surface area contributed by atoms with Gasteiger partial charge in [-0.05, 0) is 30.0 Å². The van der Waals surface area contributed by atoms with Gasteiger partial charge in [-0.3, -0.25) is 9.80 Å². The summed E-state index contributed by atoms with van der Waals surface area (Å²) in [4.78, 5) is 9.90. The summed E-state index contributed by atoms with van der Waals surface area (Å²) in [5.74, 6) is 1.83. The van der Waals surface area contributed by atoms with E-state index in [9.17, 15) is 8.42 Å². The number of sulfone groups is 1. The highest BCUT2D eigenvalue weighted by Gasteiger charge is 2.29. The molecule has 0 N–H and O–H groups in total. The molecule has 0 aliphatic carbocycles. The van der Waals surface area contributed by atoms with Gasteiger partial charge in [0, 0.05) is 39.1 Å². The van der Waals surface area contributed by atoms with Crippen LogP contribution in [0.4, 0.5) is 0 Å². The predicted molar refractivity (Wildman–Crippen MR) is 123 cm³/mol. The number of fused-ring (bicyclic) bond motifs is 1.